The molecule has 0 radical (unpaired) electrons. The third-order valence-electron chi connectivity index (χ3n) is 5.90. The molecular weight excluding hydrogens is 549 g/mol. The fourth-order valence-corrected chi connectivity index (χ4v) is 5.08. The summed E-state index contributed by atoms with van der Waals surface area (Å²) in [5.74, 6) is -0.230. The molecule has 0 saturated heterocycles. The van der Waals surface area contributed by atoms with Crippen LogP contribution in [0.25, 0.3) is 22.2 Å². The molecule has 0 aliphatic carbocycles. The van der Waals surface area contributed by atoms with Crippen LogP contribution in [0.15, 0.2) is 90.2 Å². The molecule has 0 amide bonds. The van der Waals surface area contributed by atoms with Crippen molar-refractivity contribution in [1.82, 2.24) is 24.6 Å². The van der Waals surface area contributed by atoms with Crippen molar-refractivity contribution in [2.45, 2.75) is 11.4 Å². The van der Waals surface area contributed by atoms with Crippen molar-refractivity contribution in [3.63, 3.8) is 0 Å². The molecule has 0 atom stereocenters. The van der Waals surface area contributed by atoms with Gasteiger partial charge >= 0.3 is 0 Å². The number of aromatic nitrogens is 4. The van der Waals surface area contributed by atoms with Crippen LogP contribution in [0.1, 0.15) is 0 Å². The Hall–Kier alpha value is -4.88. The van der Waals surface area contributed by atoms with Crippen molar-refractivity contribution < 1.29 is 22.7 Å². The molecule has 0 aliphatic rings. The Bertz CT molecular complexity index is 1740. The van der Waals surface area contributed by atoms with E-state index in [1.807, 2.05) is 43.2 Å². The van der Waals surface area contributed by atoms with Crippen LogP contribution in [0, 0.1) is 5.82 Å². The predicted octanol–water partition coefficient (Wildman–Crippen LogP) is 4.44. The SMILES string of the molecule is CN(C)CCn1ncc2cc(-c3cc(Nc4ccc(NS(=O)(=O)c5ccccc5F)cc4)ncn3)ccc21.O=CO. The molecule has 0 spiro atoms. The van der Waals surface area contributed by atoms with Gasteiger partial charge in [-0.05, 0) is 62.6 Å². The molecule has 3 N–H and O–H groups in total. The fraction of sp³-hybridized carbons (Fsp3) is 0.143. The zero-order valence-electron chi connectivity index (χ0n) is 22.3. The molecule has 5 rings (SSSR count). The lowest BCUT2D eigenvalue weighted by Gasteiger charge is -2.11. The van der Waals surface area contributed by atoms with Gasteiger partial charge in [-0.25, -0.2) is 22.8 Å². The Morgan fingerprint density at radius 3 is 2.41 bits per heavy atom. The first-order valence-corrected chi connectivity index (χ1v) is 13.8. The number of sulfonamides is 1. The second-order valence-electron chi connectivity index (χ2n) is 9.08. The summed E-state index contributed by atoms with van der Waals surface area (Å²) in [7, 11) is 0.0248. The van der Waals surface area contributed by atoms with Crippen LogP contribution in [0.2, 0.25) is 0 Å². The summed E-state index contributed by atoms with van der Waals surface area (Å²) in [6.07, 6.45) is 3.34. The van der Waals surface area contributed by atoms with Gasteiger partial charge in [-0.1, -0.05) is 18.2 Å². The van der Waals surface area contributed by atoms with Gasteiger partial charge in [0.15, 0.2) is 0 Å². The van der Waals surface area contributed by atoms with Crippen molar-refractivity contribution >= 4 is 44.6 Å². The number of anilines is 3. The van der Waals surface area contributed by atoms with Crippen molar-refractivity contribution in [3.8, 4) is 11.3 Å². The number of carbonyl (C=O) groups is 1. The highest BCUT2D eigenvalue weighted by molar-refractivity contribution is 7.92. The van der Waals surface area contributed by atoms with E-state index in [0.29, 0.717) is 17.2 Å². The number of halogens is 1. The number of hydrogen-bond acceptors (Lipinski definition) is 8. The van der Waals surface area contributed by atoms with Gasteiger partial charge in [0.05, 0.1) is 24.0 Å². The van der Waals surface area contributed by atoms with E-state index in [0.717, 1.165) is 41.3 Å². The number of fused-ring (bicyclic) bond motifs is 1. The summed E-state index contributed by atoms with van der Waals surface area (Å²) in [6, 6.07) is 19.8. The first-order valence-electron chi connectivity index (χ1n) is 12.3. The molecule has 13 heteroatoms. The summed E-state index contributed by atoms with van der Waals surface area (Å²) in [5.41, 5.74) is 3.75. The monoisotopic (exact) mass is 577 g/mol. The number of nitrogens with zero attached hydrogens (tertiary/aromatic N) is 5. The molecule has 11 nitrogen and oxygen atoms in total. The average Bonchev–Trinajstić information content (AvgIpc) is 3.36. The van der Waals surface area contributed by atoms with Gasteiger partial charge in [0.1, 0.15) is 22.9 Å². The average molecular weight is 578 g/mol. The lowest BCUT2D eigenvalue weighted by molar-refractivity contribution is -0.122. The quantitative estimate of drug-likeness (QED) is 0.217. The standard InChI is InChI=1S/C27H26FN7O2S.CH2O2/c1-34(2)13-14-35-25-12-7-19(15-20(25)17-31-35)24-16-27(30-18-29-24)32-21-8-10-22(11-9-21)33-38(36,37)26-6-4-3-5-23(26)28;2-1-3/h3-12,15-18,33H,13-14H2,1-2H3,(H,29,30,32);1H,(H,2,3). The van der Waals surface area contributed by atoms with Crippen LogP contribution >= 0.6 is 0 Å². The predicted molar refractivity (Wildman–Crippen MR) is 155 cm³/mol. The Kier molecular flexibility index (Phi) is 9.22. The number of benzene rings is 3. The van der Waals surface area contributed by atoms with Crippen LogP contribution in [0.3, 0.4) is 0 Å². The number of hydrogen-bond donors (Lipinski definition) is 3. The normalized spacial score (nSPS) is 11.1. The molecule has 41 heavy (non-hydrogen) atoms. The highest BCUT2D eigenvalue weighted by Gasteiger charge is 2.18. The largest absolute Gasteiger partial charge is 0.483 e. The molecule has 2 heterocycles. The second-order valence-corrected chi connectivity index (χ2v) is 10.7. The lowest BCUT2D eigenvalue weighted by Crippen LogP contribution is -2.18. The van der Waals surface area contributed by atoms with E-state index in [4.69, 9.17) is 9.90 Å². The molecule has 0 aliphatic heterocycles. The van der Waals surface area contributed by atoms with Gasteiger partial charge in [-0.2, -0.15) is 5.10 Å². The maximum atomic E-state index is 13.9. The summed E-state index contributed by atoms with van der Waals surface area (Å²) >= 11 is 0. The summed E-state index contributed by atoms with van der Waals surface area (Å²) in [5, 5.41) is 15.6. The van der Waals surface area contributed by atoms with E-state index in [9.17, 15) is 12.8 Å². The third-order valence-corrected chi connectivity index (χ3v) is 7.31. The molecule has 3 aromatic carbocycles. The minimum absolute atomic E-state index is 0.250. The van der Waals surface area contributed by atoms with E-state index in [-0.39, 0.29) is 6.47 Å². The number of carboxylic acid groups (broad SMARTS) is 1. The Morgan fingerprint density at radius 2 is 1.71 bits per heavy atom. The topological polar surface area (TPSA) is 142 Å². The first-order chi connectivity index (χ1) is 19.7. The van der Waals surface area contributed by atoms with Gasteiger partial charge in [-0.3, -0.25) is 14.2 Å². The van der Waals surface area contributed by atoms with Crippen LogP contribution in [-0.2, 0) is 21.4 Å². The zero-order chi connectivity index (χ0) is 29.4. The van der Waals surface area contributed by atoms with Gasteiger partial charge in [-0.15, -0.1) is 0 Å². The number of rotatable bonds is 9. The Labute approximate surface area is 236 Å². The van der Waals surface area contributed by atoms with Crippen molar-refractivity contribution in [2.24, 2.45) is 0 Å². The zero-order valence-corrected chi connectivity index (χ0v) is 23.1. The first kappa shape index (κ1) is 29.1. The molecular formula is C28H28FN7O4S. The molecule has 0 unspecified atom stereocenters. The van der Waals surface area contributed by atoms with Crippen molar-refractivity contribution in [2.75, 3.05) is 30.7 Å². The number of nitrogens with one attached hydrogen (secondary N) is 2. The highest BCUT2D eigenvalue weighted by Crippen LogP contribution is 2.26. The van der Waals surface area contributed by atoms with E-state index in [1.165, 1.54) is 24.5 Å². The molecule has 212 valence electrons. The fourth-order valence-electron chi connectivity index (χ4n) is 3.95. The summed E-state index contributed by atoms with van der Waals surface area (Å²) in [6.45, 7) is 1.46. The van der Waals surface area contributed by atoms with E-state index in [2.05, 4.69) is 36.1 Å². The summed E-state index contributed by atoms with van der Waals surface area (Å²) < 4.78 is 43.4. The van der Waals surface area contributed by atoms with Gasteiger partial charge < -0.3 is 15.3 Å². The highest BCUT2D eigenvalue weighted by atomic mass is 32.2. The molecule has 5 aromatic rings. The van der Waals surface area contributed by atoms with Crippen molar-refractivity contribution in [3.05, 3.63) is 91.1 Å². The van der Waals surface area contributed by atoms with E-state index >= 15 is 0 Å². The molecule has 2 aromatic heterocycles. The molecule has 0 bridgehead atoms. The maximum Gasteiger partial charge on any atom is 0.290 e. The third kappa shape index (κ3) is 7.41. The van der Waals surface area contributed by atoms with Crippen LogP contribution in [0.4, 0.5) is 21.6 Å². The minimum atomic E-state index is -4.05. The number of likely N-dealkylation sites (N-methyl/N-ethyl adjacent to an activating group) is 1. The van der Waals surface area contributed by atoms with Crippen LogP contribution in [0.5, 0.6) is 0 Å². The summed E-state index contributed by atoms with van der Waals surface area (Å²) in [4.78, 5) is 18.8. The van der Waals surface area contributed by atoms with Gasteiger partial charge in [0.2, 0.25) is 0 Å². The maximum absolute atomic E-state index is 13.9. The Balaban J connectivity index is 0.00000124. The van der Waals surface area contributed by atoms with Crippen LogP contribution in [-0.4, -0.2) is 65.3 Å². The smallest absolute Gasteiger partial charge is 0.290 e. The molecule has 0 saturated carbocycles. The van der Waals surface area contributed by atoms with Crippen LogP contribution < -0.4 is 10.0 Å². The van der Waals surface area contributed by atoms with Gasteiger partial charge in [0, 0.05) is 34.9 Å². The lowest BCUT2D eigenvalue weighted by atomic mass is 10.1. The second kappa shape index (κ2) is 13.0. The van der Waals surface area contributed by atoms with Crippen molar-refractivity contribution in [1.29, 1.82) is 0 Å². The minimum Gasteiger partial charge on any atom is -0.483 e. The molecule has 0 fully saturated rings. The van der Waals surface area contributed by atoms with E-state index < -0.39 is 20.7 Å². The van der Waals surface area contributed by atoms with Gasteiger partial charge in [0.25, 0.3) is 16.5 Å². The van der Waals surface area contributed by atoms with E-state index in [1.54, 1.807) is 24.3 Å². The Morgan fingerprint density at radius 1 is 1.00 bits per heavy atom.